The number of aromatic nitrogens is 2. The third-order valence-corrected chi connectivity index (χ3v) is 4.24. The zero-order chi connectivity index (χ0) is 20.6. The molecular weight excluding hydrogens is 372 g/mol. The average Bonchev–Trinajstić information content (AvgIpc) is 2.80. The number of rotatable bonds is 3. The van der Waals surface area contributed by atoms with Gasteiger partial charge in [0.2, 0.25) is 0 Å². The maximum atomic E-state index is 12.3. The fourth-order valence-corrected chi connectivity index (χ4v) is 2.78. The number of urea groups is 1. The fourth-order valence-electron chi connectivity index (χ4n) is 2.78. The van der Waals surface area contributed by atoms with Gasteiger partial charge in [0.05, 0.1) is 17.1 Å². The van der Waals surface area contributed by atoms with Crippen LogP contribution in [0.15, 0.2) is 97.3 Å². The molecular formula is C25H18N4O. The van der Waals surface area contributed by atoms with Crippen molar-refractivity contribution in [3.05, 3.63) is 108 Å². The van der Waals surface area contributed by atoms with Gasteiger partial charge in [0.15, 0.2) is 0 Å². The summed E-state index contributed by atoms with van der Waals surface area (Å²) in [6.45, 7) is 0. The molecule has 0 atom stereocenters. The van der Waals surface area contributed by atoms with Crippen LogP contribution in [0.2, 0.25) is 0 Å². The number of carbonyl (C=O) groups excluding carboxylic acids is 1. The summed E-state index contributed by atoms with van der Waals surface area (Å²) in [7, 11) is 0. The summed E-state index contributed by atoms with van der Waals surface area (Å²) < 4.78 is 0. The summed E-state index contributed by atoms with van der Waals surface area (Å²) >= 11 is 0. The molecule has 2 N–H and O–H groups in total. The first kappa shape index (κ1) is 18.9. The fraction of sp³-hybridized carbons (Fsp3) is 0. The molecule has 0 aliphatic carbocycles. The summed E-state index contributed by atoms with van der Waals surface area (Å²) in [5.41, 5.74) is 4.46. The van der Waals surface area contributed by atoms with Crippen LogP contribution in [0.4, 0.5) is 16.2 Å². The van der Waals surface area contributed by atoms with Gasteiger partial charge in [-0.05, 0) is 48.5 Å². The Morgan fingerprint density at radius 2 is 1.47 bits per heavy atom. The van der Waals surface area contributed by atoms with Crippen molar-refractivity contribution in [3.63, 3.8) is 0 Å². The summed E-state index contributed by atoms with van der Waals surface area (Å²) in [5, 5.41) is 5.65. The maximum absolute atomic E-state index is 12.3. The summed E-state index contributed by atoms with van der Waals surface area (Å²) in [6.07, 6.45) is 3.46. The molecule has 5 heteroatoms. The first-order valence-electron chi connectivity index (χ1n) is 9.39. The molecule has 0 fully saturated rings. The van der Waals surface area contributed by atoms with Crippen LogP contribution >= 0.6 is 0 Å². The average molecular weight is 390 g/mol. The lowest BCUT2D eigenvalue weighted by Crippen LogP contribution is -2.19. The largest absolute Gasteiger partial charge is 0.323 e. The van der Waals surface area contributed by atoms with E-state index in [0.29, 0.717) is 5.69 Å². The molecule has 4 aromatic rings. The number of hydrogen-bond acceptors (Lipinski definition) is 3. The van der Waals surface area contributed by atoms with E-state index < -0.39 is 0 Å². The van der Waals surface area contributed by atoms with Gasteiger partial charge in [-0.3, -0.25) is 9.97 Å². The highest BCUT2D eigenvalue weighted by molar-refractivity contribution is 6.00. The molecule has 0 radical (unpaired) electrons. The highest BCUT2D eigenvalue weighted by Crippen LogP contribution is 2.16. The van der Waals surface area contributed by atoms with E-state index in [2.05, 4.69) is 32.4 Å². The minimum Gasteiger partial charge on any atom is -0.308 e. The van der Waals surface area contributed by atoms with Crippen LogP contribution in [-0.4, -0.2) is 16.0 Å². The second kappa shape index (κ2) is 9.18. The van der Waals surface area contributed by atoms with Gasteiger partial charge in [-0.2, -0.15) is 0 Å². The summed E-state index contributed by atoms with van der Waals surface area (Å²) in [6, 6.07) is 25.9. The molecule has 0 saturated heterocycles. The quantitative estimate of drug-likeness (QED) is 0.473. The van der Waals surface area contributed by atoms with E-state index in [4.69, 9.17) is 0 Å². The molecule has 0 aliphatic heterocycles. The first-order chi connectivity index (χ1) is 14.8. The third-order valence-electron chi connectivity index (χ3n) is 4.24. The lowest BCUT2D eigenvalue weighted by molar-refractivity contribution is 0.262. The number of para-hydroxylation sites is 2. The van der Waals surface area contributed by atoms with E-state index in [1.807, 2.05) is 84.9 Å². The van der Waals surface area contributed by atoms with E-state index >= 15 is 0 Å². The van der Waals surface area contributed by atoms with Crippen molar-refractivity contribution in [3.8, 4) is 23.2 Å². The van der Waals surface area contributed by atoms with E-state index in [1.54, 1.807) is 12.4 Å². The molecule has 0 bridgehead atoms. The lowest BCUT2D eigenvalue weighted by Gasteiger charge is -2.09. The second-order valence-electron chi connectivity index (χ2n) is 6.39. The minimum atomic E-state index is -0.322. The Kier molecular flexibility index (Phi) is 5.78. The second-order valence-corrected chi connectivity index (χ2v) is 6.39. The number of benzene rings is 2. The molecule has 0 unspecified atom stereocenters. The van der Waals surface area contributed by atoms with Crippen molar-refractivity contribution >= 4 is 17.4 Å². The van der Waals surface area contributed by atoms with E-state index in [-0.39, 0.29) is 6.03 Å². The first-order valence-corrected chi connectivity index (χ1v) is 9.39. The number of nitrogens with one attached hydrogen (secondary N) is 2. The molecule has 2 aromatic heterocycles. The molecule has 30 heavy (non-hydrogen) atoms. The highest BCUT2D eigenvalue weighted by atomic mass is 16.2. The molecule has 5 nitrogen and oxygen atoms in total. The SMILES string of the molecule is O=C(Nc1ccccc1)Nc1ccccc1C#Cc1ccc(-c2ccccn2)nc1. The Bertz CT molecular complexity index is 1190. The smallest absolute Gasteiger partial charge is 0.308 e. The van der Waals surface area contributed by atoms with Crippen LogP contribution in [0, 0.1) is 11.8 Å². The molecule has 2 heterocycles. The number of carbonyl (C=O) groups is 1. The molecule has 144 valence electrons. The monoisotopic (exact) mass is 390 g/mol. The van der Waals surface area contributed by atoms with Crippen molar-refractivity contribution in [2.45, 2.75) is 0 Å². The Morgan fingerprint density at radius 1 is 0.700 bits per heavy atom. The Morgan fingerprint density at radius 3 is 2.23 bits per heavy atom. The van der Waals surface area contributed by atoms with Gasteiger partial charge in [0.1, 0.15) is 0 Å². The number of nitrogens with zero attached hydrogens (tertiary/aromatic N) is 2. The standard InChI is InChI=1S/C25H18N4O/c30-25(28-21-9-2-1-3-10-21)29-22-11-5-4-8-20(22)15-13-19-14-16-24(27-18-19)23-12-6-7-17-26-23/h1-12,14,16-18H,(H2,28,29,30). The number of amides is 2. The minimum absolute atomic E-state index is 0.322. The van der Waals surface area contributed by atoms with Crippen LogP contribution in [0.5, 0.6) is 0 Å². The normalized spacial score (nSPS) is 9.87. The topological polar surface area (TPSA) is 66.9 Å². The Labute approximate surface area is 174 Å². The number of hydrogen-bond donors (Lipinski definition) is 2. The molecule has 4 rings (SSSR count). The molecule has 0 saturated carbocycles. The predicted molar refractivity (Wildman–Crippen MR) is 119 cm³/mol. The van der Waals surface area contributed by atoms with Gasteiger partial charge in [-0.15, -0.1) is 0 Å². The van der Waals surface area contributed by atoms with Gasteiger partial charge >= 0.3 is 6.03 Å². The van der Waals surface area contributed by atoms with Crippen molar-refractivity contribution in [2.24, 2.45) is 0 Å². The lowest BCUT2D eigenvalue weighted by atomic mass is 10.1. The molecule has 2 amide bonds. The van der Waals surface area contributed by atoms with E-state index in [9.17, 15) is 4.79 Å². The number of anilines is 2. The van der Waals surface area contributed by atoms with E-state index in [1.165, 1.54) is 0 Å². The van der Waals surface area contributed by atoms with E-state index in [0.717, 1.165) is 28.2 Å². The van der Waals surface area contributed by atoms with Gasteiger partial charge in [0, 0.05) is 29.2 Å². The van der Waals surface area contributed by atoms with Gasteiger partial charge in [-0.1, -0.05) is 48.2 Å². The zero-order valence-electron chi connectivity index (χ0n) is 16.0. The van der Waals surface area contributed by atoms with Crippen LogP contribution in [0.1, 0.15) is 11.1 Å². The van der Waals surface area contributed by atoms with Crippen molar-refractivity contribution in [1.29, 1.82) is 0 Å². The predicted octanol–water partition coefficient (Wildman–Crippen LogP) is 5.19. The highest BCUT2D eigenvalue weighted by Gasteiger charge is 2.05. The van der Waals surface area contributed by atoms with Crippen LogP contribution in [0.3, 0.4) is 0 Å². The summed E-state index contributed by atoms with van der Waals surface area (Å²) in [5.74, 6) is 6.21. The van der Waals surface area contributed by atoms with Gasteiger partial charge in [-0.25, -0.2) is 4.79 Å². The number of pyridine rings is 2. The van der Waals surface area contributed by atoms with Crippen LogP contribution in [0.25, 0.3) is 11.4 Å². The van der Waals surface area contributed by atoms with Crippen molar-refractivity contribution < 1.29 is 4.79 Å². The molecule has 2 aromatic carbocycles. The van der Waals surface area contributed by atoms with Crippen LogP contribution in [-0.2, 0) is 0 Å². The van der Waals surface area contributed by atoms with Crippen molar-refractivity contribution in [2.75, 3.05) is 10.6 Å². The molecule has 0 spiro atoms. The van der Waals surface area contributed by atoms with Crippen molar-refractivity contribution in [1.82, 2.24) is 9.97 Å². The summed E-state index contributed by atoms with van der Waals surface area (Å²) in [4.78, 5) is 21.0. The Hall–Kier alpha value is -4.43. The zero-order valence-corrected chi connectivity index (χ0v) is 16.0. The maximum Gasteiger partial charge on any atom is 0.323 e. The van der Waals surface area contributed by atoms with Gasteiger partial charge in [0.25, 0.3) is 0 Å². The third kappa shape index (κ3) is 4.89. The van der Waals surface area contributed by atoms with Gasteiger partial charge < -0.3 is 10.6 Å². The molecule has 0 aliphatic rings. The van der Waals surface area contributed by atoms with Crippen LogP contribution < -0.4 is 10.6 Å². The Balaban J connectivity index is 1.48.